The fourth-order valence-electron chi connectivity index (χ4n) is 3.46. The molecule has 3 rings (SSSR count). The Bertz CT molecular complexity index is 1030. The average molecular weight is 398 g/mol. The minimum Gasteiger partial charge on any atom is -0.478 e. The predicted octanol–water partition coefficient (Wildman–Crippen LogP) is 4.03. The first-order valence-electron chi connectivity index (χ1n) is 10.0. The van der Waals surface area contributed by atoms with Crippen LogP contribution in [0.5, 0.6) is 5.88 Å². The van der Waals surface area contributed by atoms with Crippen molar-refractivity contribution in [3.05, 3.63) is 46.9 Å². The van der Waals surface area contributed by atoms with Gasteiger partial charge in [0, 0.05) is 23.9 Å². The second-order valence-electron chi connectivity index (χ2n) is 6.98. The summed E-state index contributed by atoms with van der Waals surface area (Å²) >= 11 is 0. The highest BCUT2D eigenvalue weighted by Gasteiger charge is 2.20. The molecule has 29 heavy (non-hydrogen) atoms. The molecule has 2 aromatic heterocycles. The molecule has 0 saturated heterocycles. The minimum atomic E-state index is -0.333. The van der Waals surface area contributed by atoms with Gasteiger partial charge in [0.1, 0.15) is 5.82 Å². The Kier molecular flexibility index (Phi) is 6.46. The molecule has 0 aliphatic rings. The number of aryl methyl sites for hydroxylation is 2. The molecule has 0 aliphatic heterocycles. The fourth-order valence-corrected chi connectivity index (χ4v) is 3.46. The number of nitrogens with zero attached hydrogens (tertiary/aromatic N) is 3. The largest absolute Gasteiger partial charge is 0.478 e. The summed E-state index contributed by atoms with van der Waals surface area (Å²) in [4.78, 5) is 16.8. The monoisotopic (exact) mass is 398 g/mol. The maximum atomic E-state index is 13.7. The zero-order valence-corrected chi connectivity index (χ0v) is 17.4. The van der Waals surface area contributed by atoms with Gasteiger partial charge >= 0.3 is 0 Å². The summed E-state index contributed by atoms with van der Waals surface area (Å²) < 4.78 is 21.2. The van der Waals surface area contributed by atoms with E-state index in [9.17, 15) is 9.18 Å². The number of pyridine rings is 1. The SMILES string of the molecule is CCCNC(=O)CCc1c(OCC)nc2c(c(C)nn2-c2cccc(F)c2)c1C. The van der Waals surface area contributed by atoms with Crippen LogP contribution >= 0.6 is 0 Å². The van der Waals surface area contributed by atoms with Gasteiger partial charge in [0.25, 0.3) is 0 Å². The molecule has 6 nitrogen and oxygen atoms in total. The number of halogens is 1. The van der Waals surface area contributed by atoms with E-state index in [-0.39, 0.29) is 11.7 Å². The Hall–Kier alpha value is -2.96. The topological polar surface area (TPSA) is 69.0 Å². The van der Waals surface area contributed by atoms with Crippen molar-refractivity contribution in [2.45, 2.75) is 47.0 Å². The zero-order chi connectivity index (χ0) is 21.0. The summed E-state index contributed by atoms with van der Waals surface area (Å²) in [5.74, 6) is 0.180. The van der Waals surface area contributed by atoms with Gasteiger partial charge in [-0.3, -0.25) is 4.79 Å². The van der Waals surface area contributed by atoms with Gasteiger partial charge in [-0.1, -0.05) is 13.0 Å². The first kappa shape index (κ1) is 20.8. The summed E-state index contributed by atoms with van der Waals surface area (Å²) in [5, 5.41) is 8.40. The summed E-state index contributed by atoms with van der Waals surface area (Å²) in [7, 11) is 0. The van der Waals surface area contributed by atoms with E-state index in [1.807, 2.05) is 27.7 Å². The van der Waals surface area contributed by atoms with Crippen LogP contribution in [0.1, 0.15) is 43.5 Å². The average Bonchev–Trinajstić information content (AvgIpc) is 3.03. The number of nitrogens with one attached hydrogen (secondary N) is 1. The normalized spacial score (nSPS) is 11.1. The van der Waals surface area contributed by atoms with Gasteiger partial charge in [-0.05, 0) is 57.4 Å². The van der Waals surface area contributed by atoms with Gasteiger partial charge in [-0.2, -0.15) is 10.1 Å². The third-order valence-electron chi connectivity index (χ3n) is 4.84. The van der Waals surface area contributed by atoms with Crippen LogP contribution in [0.25, 0.3) is 16.7 Å². The Balaban J connectivity index is 2.07. The summed E-state index contributed by atoms with van der Waals surface area (Å²) in [6.07, 6.45) is 1.80. The lowest BCUT2D eigenvalue weighted by Crippen LogP contribution is -2.24. The molecule has 0 atom stereocenters. The van der Waals surface area contributed by atoms with E-state index in [4.69, 9.17) is 9.72 Å². The van der Waals surface area contributed by atoms with Crippen molar-refractivity contribution in [3.8, 4) is 11.6 Å². The van der Waals surface area contributed by atoms with Crippen LogP contribution < -0.4 is 10.1 Å². The number of ether oxygens (including phenoxy) is 1. The lowest BCUT2D eigenvalue weighted by atomic mass is 10.0. The molecule has 154 valence electrons. The smallest absolute Gasteiger partial charge is 0.220 e. The summed E-state index contributed by atoms with van der Waals surface area (Å²) in [6, 6.07) is 6.26. The van der Waals surface area contributed by atoms with Crippen LogP contribution in [0.4, 0.5) is 4.39 Å². The molecule has 0 unspecified atom stereocenters. The van der Waals surface area contributed by atoms with E-state index in [1.54, 1.807) is 16.8 Å². The molecular formula is C22H27FN4O2. The van der Waals surface area contributed by atoms with Gasteiger partial charge in [0.15, 0.2) is 5.65 Å². The number of aromatic nitrogens is 3. The summed E-state index contributed by atoms with van der Waals surface area (Å²) in [5.41, 5.74) is 3.92. The second kappa shape index (κ2) is 9.03. The third-order valence-corrected chi connectivity index (χ3v) is 4.84. The number of carbonyl (C=O) groups is 1. The number of benzene rings is 1. The van der Waals surface area contributed by atoms with Crippen LogP contribution in [0.3, 0.4) is 0 Å². The Morgan fingerprint density at radius 2 is 2.07 bits per heavy atom. The molecule has 1 aromatic carbocycles. The zero-order valence-electron chi connectivity index (χ0n) is 17.4. The standard InChI is InChI=1S/C22H27FN4O2/c1-5-12-24-19(28)11-10-18-14(3)20-15(4)26-27(17-9-7-8-16(23)13-17)21(20)25-22(18)29-6-2/h7-9,13H,5-6,10-12H2,1-4H3,(H,24,28). The van der Waals surface area contributed by atoms with E-state index in [0.717, 1.165) is 28.6 Å². The molecule has 0 aliphatic carbocycles. The van der Waals surface area contributed by atoms with Gasteiger partial charge in [0.05, 0.1) is 18.0 Å². The number of hydrogen-bond acceptors (Lipinski definition) is 4. The van der Waals surface area contributed by atoms with Gasteiger partial charge in [-0.25, -0.2) is 9.07 Å². The maximum Gasteiger partial charge on any atom is 0.220 e. The Labute approximate surface area is 170 Å². The molecule has 0 fully saturated rings. The van der Waals surface area contributed by atoms with Crippen molar-refractivity contribution in [2.75, 3.05) is 13.2 Å². The van der Waals surface area contributed by atoms with E-state index in [1.165, 1.54) is 12.1 Å². The number of hydrogen-bond donors (Lipinski definition) is 1. The molecule has 2 heterocycles. The van der Waals surface area contributed by atoms with E-state index < -0.39 is 0 Å². The van der Waals surface area contributed by atoms with Gasteiger partial charge in [-0.15, -0.1) is 0 Å². The first-order chi connectivity index (χ1) is 14.0. The Morgan fingerprint density at radius 3 is 2.76 bits per heavy atom. The van der Waals surface area contributed by atoms with Crippen molar-refractivity contribution >= 4 is 16.9 Å². The number of fused-ring (bicyclic) bond motifs is 1. The molecule has 1 N–H and O–H groups in total. The second-order valence-corrected chi connectivity index (χ2v) is 6.98. The van der Waals surface area contributed by atoms with Crippen molar-refractivity contribution in [1.29, 1.82) is 0 Å². The number of rotatable bonds is 8. The van der Waals surface area contributed by atoms with Crippen molar-refractivity contribution in [3.63, 3.8) is 0 Å². The first-order valence-corrected chi connectivity index (χ1v) is 10.0. The lowest BCUT2D eigenvalue weighted by Gasteiger charge is -2.14. The highest BCUT2D eigenvalue weighted by Crippen LogP contribution is 2.32. The fraction of sp³-hybridized carbons (Fsp3) is 0.409. The van der Waals surface area contributed by atoms with E-state index in [0.29, 0.717) is 43.2 Å². The molecule has 7 heteroatoms. The van der Waals surface area contributed by atoms with Crippen molar-refractivity contribution in [1.82, 2.24) is 20.1 Å². The molecule has 1 amide bonds. The molecule has 0 spiro atoms. The molecule has 0 radical (unpaired) electrons. The van der Waals surface area contributed by atoms with Crippen molar-refractivity contribution in [2.24, 2.45) is 0 Å². The van der Waals surface area contributed by atoms with Crippen LogP contribution in [0.15, 0.2) is 24.3 Å². The number of carbonyl (C=O) groups excluding carboxylic acids is 1. The Morgan fingerprint density at radius 1 is 1.28 bits per heavy atom. The summed E-state index contributed by atoms with van der Waals surface area (Å²) in [6.45, 7) is 8.96. The number of amides is 1. The lowest BCUT2D eigenvalue weighted by molar-refractivity contribution is -0.121. The molecular weight excluding hydrogens is 371 g/mol. The van der Waals surface area contributed by atoms with E-state index >= 15 is 0 Å². The van der Waals surface area contributed by atoms with Crippen LogP contribution in [-0.2, 0) is 11.2 Å². The van der Waals surface area contributed by atoms with Crippen LogP contribution in [0, 0.1) is 19.7 Å². The molecule has 3 aromatic rings. The van der Waals surface area contributed by atoms with Crippen LogP contribution in [0.2, 0.25) is 0 Å². The maximum absolute atomic E-state index is 13.7. The third kappa shape index (κ3) is 4.39. The molecule has 0 saturated carbocycles. The predicted molar refractivity (Wildman–Crippen MR) is 111 cm³/mol. The van der Waals surface area contributed by atoms with Gasteiger partial charge in [0.2, 0.25) is 11.8 Å². The minimum absolute atomic E-state index is 0.0148. The van der Waals surface area contributed by atoms with Crippen LogP contribution in [-0.4, -0.2) is 33.8 Å². The highest BCUT2D eigenvalue weighted by atomic mass is 19.1. The van der Waals surface area contributed by atoms with E-state index in [2.05, 4.69) is 10.4 Å². The van der Waals surface area contributed by atoms with Crippen molar-refractivity contribution < 1.29 is 13.9 Å². The highest BCUT2D eigenvalue weighted by molar-refractivity contribution is 5.86. The quantitative estimate of drug-likeness (QED) is 0.622. The molecule has 0 bridgehead atoms. The van der Waals surface area contributed by atoms with Gasteiger partial charge < -0.3 is 10.1 Å².